The number of fused-ring (bicyclic) bond motifs is 7. The zero-order valence-electron chi connectivity index (χ0n) is 14.0. The molecule has 2 heteroatoms. The topological polar surface area (TPSA) is 18.1 Å². The molecule has 0 bridgehead atoms. The highest BCUT2D eigenvalue weighted by Crippen LogP contribution is 2.38. The standard InChI is InChI=1S/C22H19NO/c1-3-6-14-9-11-18-17(13-14)15-10-12-20-21(22(15)23(18)2)16-7-4-5-8-19(16)24-20/h4-5,7-13H,3,6H2,1-2H3. The van der Waals surface area contributed by atoms with Crippen LogP contribution in [0.15, 0.2) is 59.0 Å². The van der Waals surface area contributed by atoms with Gasteiger partial charge in [0.25, 0.3) is 0 Å². The van der Waals surface area contributed by atoms with E-state index in [4.69, 9.17) is 4.42 Å². The molecule has 0 unspecified atom stereocenters. The van der Waals surface area contributed by atoms with Gasteiger partial charge in [-0.1, -0.05) is 37.6 Å². The lowest BCUT2D eigenvalue weighted by Gasteiger charge is -2.01. The van der Waals surface area contributed by atoms with Crippen LogP contribution in [-0.4, -0.2) is 4.57 Å². The van der Waals surface area contributed by atoms with E-state index >= 15 is 0 Å². The molecule has 118 valence electrons. The van der Waals surface area contributed by atoms with Crippen LogP contribution in [0.4, 0.5) is 0 Å². The number of nitrogens with zero attached hydrogens (tertiary/aromatic N) is 1. The van der Waals surface area contributed by atoms with Crippen LogP contribution < -0.4 is 0 Å². The van der Waals surface area contributed by atoms with Gasteiger partial charge in [0.2, 0.25) is 0 Å². The lowest BCUT2D eigenvalue weighted by atomic mass is 10.0. The first kappa shape index (κ1) is 13.7. The van der Waals surface area contributed by atoms with Crippen molar-refractivity contribution in [3.05, 3.63) is 60.2 Å². The molecule has 0 aliphatic heterocycles. The van der Waals surface area contributed by atoms with Gasteiger partial charge in [-0.2, -0.15) is 0 Å². The maximum atomic E-state index is 6.06. The molecule has 0 N–H and O–H groups in total. The Balaban J connectivity index is 2.00. The summed E-state index contributed by atoms with van der Waals surface area (Å²) in [5.41, 5.74) is 5.87. The molecule has 0 aliphatic carbocycles. The maximum absolute atomic E-state index is 6.06. The van der Waals surface area contributed by atoms with Gasteiger partial charge in [0.15, 0.2) is 0 Å². The van der Waals surface area contributed by atoms with Gasteiger partial charge in [0.1, 0.15) is 11.2 Å². The molecule has 2 heterocycles. The van der Waals surface area contributed by atoms with Gasteiger partial charge in [-0.15, -0.1) is 0 Å². The van der Waals surface area contributed by atoms with Crippen molar-refractivity contribution in [3.8, 4) is 0 Å². The van der Waals surface area contributed by atoms with Crippen LogP contribution >= 0.6 is 0 Å². The number of hydrogen-bond acceptors (Lipinski definition) is 1. The van der Waals surface area contributed by atoms with Crippen LogP contribution in [-0.2, 0) is 13.5 Å². The van der Waals surface area contributed by atoms with Crippen LogP contribution in [0.25, 0.3) is 43.7 Å². The Morgan fingerprint density at radius 3 is 2.62 bits per heavy atom. The second-order valence-corrected chi connectivity index (χ2v) is 6.59. The lowest BCUT2D eigenvalue weighted by Crippen LogP contribution is -1.88. The summed E-state index contributed by atoms with van der Waals surface area (Å²) in [5, 5.41) is 5.06. The Bertz CT molecular complexity index is 1220. The molecule has 0 saturated heterocycles. The number of aryl methyl sites for hydroxylation is 2. The molecule has 2 nitrogen and oxygen atoms in total. The third kappa shape index (κ3) is 1.71. The molecule has 0 fully saturated rings. The van der Waals surface area contributed by atoms with Crippen molar-refractivity contribution in [2.24, 2.45) is 7.05 Å². The molecular formula is C22H19NO. The molecule has 0 spiro atoms. The number of para-hydroxylation sites is 1. The van der Waals surface area contributed by atoms with Crippen LogP contribution in [0.3, 0.4) is 0 Å². The van der Waals surface area contributed by atoms with Crippen LogP contribution in [0.5, 0.6) is 0 Å². The molecule has 5 rings (SSSR count). The molecule has 24 heavy (non-hydrogen) atoms. The lowest BCUT2D eigenvalue weighted by molar-refractivity contribution is 0.669. The zero-order valence-corrected chi connectivity index (χ0v) is 14.0. The summed E-state index contributed by atoms with van der Waals surface area (Å²) < 4.78 is 8.37. The molecule has 0 radical (unpaired) electrons. The third-order valence-corrected chi connectivity index (χ3v) is 5.10. The fourth-order valence-electron chi connectivity index (χ4n) is 4.02. The molecule has 0 aliphatic rings. The van der Waals surface area contributed by atoms with Gasteiger partial charge >= 0.3 is 0 Å². The van der Waals surface area contributed by atoms with E-state index in [0.717, 1.165) is 17.6 Å². The molecule has 5 aromatic rings. The predicted octanol–water partition coefficient (Wildman–Crippen LogP) is 6.18. The average molecular weight is 313 g/mol. The SMILES string of the molecule is CCCc1ccc2c(c1)c1ccc3oc4ccccc4c3c1n2C. The van der Waals surface area contributed by atoms with E-state index in [2.05, 4.69) is 61.0 Å². The largest absolute Gasteiger partial charge is 0.456 e. The summed E-state index contributed by atoms with van der Waals surface area (Å²) in [6.45, 7) is 2.23. The number of furan rings is 1. The Hall–Kier alpha value is -2.74. The van der Waals surface area contributed by atoms with Crippen molar-refractivity contribution < 1.29 is 4.42 Å². The van der Waals surface area contributed by atoms with Crippen molar-refractivity contribution in [2.45, 2.75) is 19.8 Å². The highest BCUT2D eigenvalue weighted by atomic mass is 16.3. The number of benzene rings is 3. The van der Waals surface area contributed by atoms with Gasteiger partial charge in [-0.05, 0) is 42.3 Å². The second kappa shape index (κ2) is 4.88. The molecule has 0 saturated carbocycles. The summed E-state index contributed by atoms with van der Waals surface area (Å²) in [6.07, 6.45) is 2.30. The Morgan fingerprint density at radius 2 is 1.75 bits per heavy atom. The Morgan fingerprint density at radius 1 is 0.875 bits per heavy atom. The normalized spacial score (nSPS) is 12.1. The highest BCUT2D eigenvalue weighted by molar-refractivity contribution is 6.23. The molecular weight excluding hydrogens is 294 g/mol. The maximum Gasteiger partial charge on any atom is 0.137 e. The fourth-order valence-corrected chi connectivity index (χ4v) is 4.02. The van der Waals surface area contributed by atoms with Crippen molar-refractivity contribution in [1.29, 1.82) is 0 Å². The zero-order chi connectivity index (χ0) is 16.3. The second-order valence-electron chi connectivity index (χ2n) is 6.59. The summed E-state index contributed by atoms with van der Waals surface area (Å²) in [5.74, 6) is 0. The van der Waals surface area contributed by atoms with Crippen LogP contribution in [0.2, 0.25) is 0 Å². The van der Waals surface area contributed by atoms with Gasteiger partial charge < -0.3 is 8.98 Å². The monoisotopic (exact) mass is 313 g/mol. The summed E-state index contributed by atoms with van der Waals surface area (Å²) in [7, 11) is 2.16. The minimum absolute atomic E-state index is 0.955. The summed E-state index contributed by atoms with van der Waals surface area (Å²) >= 11 is 0. The van der Waals surface area contributed by atoms with Crippen LogP contribution in [0.1, 0.15) is 18.9 Å². The van der Waals surface area contributed by atoms with E-state index in [0.29, 0.717) is 0 Å². The number of hydrogen-bond donors (Lipinski definition) is 0. The van der Waals surface area contributed by atoms with Crippen LogP contribution in [0, 0.1) is 0 Å². The van der Waals surface area contributed by atoms with E-state index in [1.807, 2.05) is 12.1 Å². The van der Waals surface area contributed by atoms with E-state index in [1.165, 1.54) is 44.6 Å². The van der Waals surface area contributed by atoms with Gasteiger partial charge in [-0.3, -0.25) is 0 Å². The smallest absolute Gasteiger partial charge is 0.137 e. The first-order chi connectivity index (χ1) is 11.8. The predicted molar refractivity (Wildman–Crippen MR) is 102 cm³/mol. The van der Waals surface area contributed by atoms with Crippen molar-refractivity contribution in [2.75, 3.05) is 0 Å². The van der Waals surface area contributed by atoms with Gasteiger partial charge in [-0.25, -0.2) is 0 Å². The van der Waals surface area contributed by atoms with Gasteiger partial charge in [0, 0.05) is 28.7 Å². The van der Waals surface area contributed by atoms with Gasteiger partial charge in [0.05, 0.1) is 10.9 Å². The highest BCUT2D eigenvalue weighted by Gasteiger charge is 2.16. The third-order valence-electron chi connectivity index (χ3n) is 5.10. The quantitative estimate of drug-likeness (QED) is 0.380. The fraction of sp³-hybridized carbons (Fsp3) is 0.182. The molecule has 2 aromatic heterocycles. The van der Waals surface area contributed by atoms with E-state index < -0.39 is 0 Å². The van der Waals surface area contributed by atoms with E-state index in [1.54, 1.807) is 0 Å². The molecule has 0 atom stereocenters. The Kier molecular flexibility index (Phi) is 2.78. The minimum atomic E-state index is 0.955. The first-order valence-corrected chi connectivity index (χ1v) is 8.59. The number of rotatable bonds is 2. The van der Waals surface area contributed by atoms with Crippen molar-refractivity contribution >= 4 is 43.7 Å². The van der Waals surface area contributed by atoms with Crippen molar-refractivity contribution in [3.63, 3.8) is 0 Å². The number of aromatic nitrogens is 1. The Labute approximate surface area is 140 Å². The van der Waals surface area contributed by atoms with Crippen molar-refractivity contribution in [1.82, 2.24) is 4.57 Å². The summed E-state index contributed by atoms with van der Waals surface area (Å²) in [4.78, 5) is 0. The average Bonchev–Trinajstić information content (AvgIpc) is 3.11. The van der Waals surface area contributed by atoms with E-state index in [-0.39, 0.29) is 0 Å². The minimum Gasteiger partial charge on any atom is -0.456 e. The summed E-state index contributed by atoms with van der Waals surface area (Å²) in [6, 6.07) is 19.5. The first-order valence-electron chi connectivity index (χ1n) is 8.59. The molecule has 0 amide bonds. The molecule has 3 aromatic carbocycles. The van der Waals surface area contributed by atoms with E-state index in [9.17, 15) is 0 Å².